The van der Waals surface area contributed by atoms with Crippen LogP contribution in [-0.2, 0) is 5.75 Å². The van der Waals surface area contributed by atoms with Gasteiger partial charge in [0, 0.05) is 15.9 Å². The van der Waals surface area contributed by atoms with E-state index in [4.69, 9.17) is 5.11 Å². The van der Waals surface area contributed by atoms with Gasteiger partial charge in [-0.25, -0.2) is 4.79 Å². The topological polar surface area (TPSA) is 37.3 Å². The fourth-order valence-electron chi connectivity index (χ4n) is 0.976. The highest BCUT2D eigenvalue weighted by Gasteiger charge is 2.10. The molecule has 2 nitrogen and oxygen atoms in total. The summed E-state index contributed by atoms with van der Waals surface area (Å²) in [5, 5.41) is 9.38. The van der Waals surface area contributed by atoms with E-state index in [0.717, 1.165) is 10.6 Å². The third-order valence-electron chi connectivity index (χ3n) is 2.30. The molecule has 0 aliphatic heterocycles. The number of carbonyl (C=O) groups is 1. The van der Waals surface area contributed by atoms with Crippen LogP contribution in [-0.4, -0.2) is 16.3 Å². The molecule has 0 bridgehead atoms. The van der Waals surface area contributed by atoms with Crippen LogP contribution in [0.25, 0.3) is 0 Å². The largest absolute Gasteiger partial charge is 0.477 e. The standard InChI is InChI=1S/C11H16O2S2/c1-7(2)8(3)14-6-9-4-5-10(15-9)11(12)13/h4-5,7-8H,6H2,1-3H3,(H,12,13). The molecule has 0 amide bonds. The van der Waals surface area contributed by atoms with Crippen molar-refractivity contribution < 1.29 is 9.90 Å². The molecule has 4 heteroatoms. The molecular formula is C11H16O2S2. The van der Waals surface area contributed by atoms with Crippen molar-refractivity contribution in [3.8, 4) is 0 Å². The van der Waals surface area contributed by atoms with Crippen molar-refractivity contribution in [1.82, 2.24) is 0 Å². The summed E-state index contributed by atoms with van der Waals surface area (Å²) in [6.45, 7) is 6.62. The molecule has 1 atom stereocenters. The van der Waals surface area contributed by atoms with E-state index in [1.807, 2.05) is 17.8 Å². The zero-order valence-electron chi connectivity index (χ0n) is 9.19. The van der Waals surface area contributed by atoms with Gasteiger partial charge in [0.15, 0.2) is 0 Å². The van der Waals surface area contributed by atoms with E-state index in [1.165, 1.54) is 11.3 Å². The van der Waals surface area contributed by atoms with Crippen molar-refractivity contribution in [2.45, 2.75) is 31.8 Å². The molecule has 1 rings (SSSR count). The second-order valence-electron chi connectivity index (χ2n) is 3.83. The quantitative estimate of drug-likeness (QED) is 0.857. The summed E-state index contributed by atoms with van der Waals surface area (Å²) in [5.41, 5.74) is 0. The SMILES string of the molecule is CC(C)C(C)SCc1ccc(C(=O)O)s1. The molecule has 0 aliphatic rings. The summed E-state index contributed by atoms with van der Waals surface area (Å²) >= 11 is 3.25. The lowest BCUT2D eigenvalue weighted by Crippen LogP contribution is -2.05. The second kappa shape index (κ2) is 5.56. The summed E-state index contributed by atoms with van der Waals surface area (Å²) in [7, 11) is 0. The molecule has 0 fully saturated rings. The minimum absolute atomic E-state index is 0.433. The van der Waals surface area contributed by atoms with Gasteiger partial charge in [0.2, 0.25) is 0 Å². The van der Waals surface area contributed by atoms with Crippen LogP contribution in [0.4, 0.5) is 0 Å². The van der Waals surface area contributed by atoms with E-state index < -0.39 is 5.97 Å². The highest BCUT2D eigenvalue weighted by Crippen LogP contribution is 2.26. The summed E-state index contributed by atoms with van der Waals surface area (Å²) in [6.07, 6.45) is 0. The molecule has 0 saturated heterocycles. The second-order valence-corrected chi connectivity index (χ2v) is 6.37. The Kier molecular flexibility index (Phi) is 4.67. The first kappa shape index (κ1) is 12.6. The fraction of sp³-hybridized carbons (Fsp3) is 0.545. The van der Waals surface area contributed by atoms with Gasteiger partial charge in [0.1, 0.15) is 4.88 Å². The minimum Gasteiger partial charge on any atom is -0.477 e. The molecule has 1 unspecified atom stereocenters. The molecule has 0 spiro atoms. The van der Waals surface area contributed by atoms with Crippen LogP contribution >= 0.6 is 23.1 Å². The van der Waals surface area contributed by atoms with Crippen molar-refractivity contribution >= 4 is 29.1 Å². The number of rotatable bonds is 5. The van der Waals surface area contributed by atoms with E-state index in [1.54, 1.807) is 6.07 Å². The number of carboxylic acid groups (broad SMARTS) is 1. The molecule has 0 aliphatic carbocycles. The number of aromatic carboxylic acids is 1. The first-order valence-corrected chi connectivity index (χ1v) is 6.81. The molecule has 84 valence electrons. The van der Waals surface area contributed by atoms with Crippen LogP contribution in [0.2, 0.25) is 0 Å². The van der Waals surface area contributed by atoms with Crippen LogP contribution in [0.5, 0.6) is 0 Å². The molecule has 1 aromatic rings. The van der Waals surface area contributed by atoms with Gasteiger partial charge in [0.05, 0.1) is 0 Å². The Morgan fingerprint density at radius 3 is 2.60 bits per heavy atom. The summed E-state index contributed by atoms with van der Waals surface area (Å²) in [4.78, 5) is 12.2. The van der Waals surface area contributed by atoms with Crippen LogP contribution in [0, 0.1) is 5.92 Å². The van der Waals surface area contributed by atoms with Gasteiger partial charge in [-0.1, -0.05) is 20.8 Å². The average molecular weight is 244 g/mol. The van der Waals surface area contributed by atoms with Crippen LogP contribution in [0.15, 0.2) is 12.1 Å². The third-order valence-corrected chi connectivity index (χ3v) is 5.10. The molecule has 1 N–H and O–H groups in total. The predicted octanol–water partition coefficient (Wildman–Crippen LogP) is 3.72. The average Bonchev–Trinajstić information content (AvgIpc) is 2.62. The first-order valence-electron chi connectivity index (χ1n) is 4.94. The smallest absolute Gasteiger partial charge is 0.345 e. The van der Waals surface area contributed by atoms with Crippen molar-refractivity contribution in [3.05, 3.63) is 21.9 Å². The maximum atomic E-state index is 10.7. The normalized spacial score (nSPS) is 13.1. The zero-order chi connectivity index (χ0) is 11.4. The molecular weight excluding hydrogens is 228 g/mol. The van der Waals surface area contributed by atoms with Gasteiger partial charge in [0.25, 0.3) is 0 Å². The van der Waals surface area contributed by atoms with Gasteiger partial charge in [-0.3, -0.25) is 0 Å². The highest BCUT2D eigenvalue weighted by atomic mass is 32.2. The van der Waals surface area contributed by atoms with E-state index in [9.17, 15) is 4.79 Å². The Hall–Kier alpha value is -0.480. The Labute approximate surface area is 98.7 Å². The van der Waals surface area contributed by atoms with E-state index >= 15 is 0 Å². The first-order chi connectivity index (χ1) is 7.00. The van der Waals surface area contributed by atoms with E-state index in [-0.39, 0.29) is 0 Å². The maximum absolute atomic E-state index is 10.7. The number of hydrogen-bond donors (Lipinski definition) is 1. The van der Waals surface area contributed by atoms with Crippen molar-refractivity contribution in [3.63, 3.8) is 0 Å². The monoisotopic (exact) mass is 244 g/mol. The number of carboxylic acids is 1. The summed E-state index contributed by atoms with van der Waals surface area (Å²) in [6, 6.07) is 3.59. The fourth-order valence-corrected chi connectivity index (χ4v) is 2.97. The van der Waals surface area contributed by atoms with Gasteiger partial charge in [-0.05, 0) is 18.1 Å². The lowest BCUT2D eigenvalue weighted by atomic mass is 10.2. The van der Waals surface area contributed by atoms with Crippen LogP contribution in [0.1, 0.15) is 35.3 Å². The molecule has 0 aromatic carbocycles. The lowest BCUT2D eigenvalue weighted by molar-refractivity contribution is 0.0702. The molecule has 1 heterocycles. The molecule has 0 radical (unpaired) electrons. The Balaban J connectivity index is 2.48. The van der Waals surface area contributed by atoms with Crippen molar-refractivity contribution in [2.75, 3.05) is 0 Å². The van der Waals surface area contributed by atoms with E-state index in [0.29, 0.717) is 16.0 Å². The van der Waals surface area contributed by atoms with Crippen molar-refractivity contribution in [1.29, 1.82) is 0 Å². The molecule has 0 saturated carbocycles. The van der Waals surface area contributed by atoms with E-state index in [2.05, 4.69) is 20.8 Å². The summed E-state index contributed by atoms with van der Waals surface area (Å²) < 4.78 is 0. The van der Waals surface area contributed by atoms with Gasteiger partial charge in [-0.15, -0.1) is 11.3 Å². The number of hydrogen-bond acceptors (Lipinski definition) is 3. The molecule has 1 aromatic heterocycles. The zero-order valence-corrected chi connectivity index (χ0v) is 10.8. The number of thiophene rings is 1. The Bertz CT molecular complexity index is 331. The predicted molar refractivity (Wildman–Crippen MR) is 66.9 cm³/mol. The molecule has 15 heavy (non-hydrogen) atoms. The highest BCUT2D eigenvalue weighted by molar-refractivity contribution is 7.99. The maximum Gasteiger partial charge on any atom is 0.345 e. The van der Waals surface area contributed by atoms with Gasteiger partial charge < -0.3 is 5.11 Å². The minimum atomic E-state index is -0.826. The van der Waals surface area contributed by atoms with Crippen LogP contribution in [0.3, 0.4) is 0 Å². The lowest BCUT2D eigenvalue weighted by Gasteiger charge is -2.13. The van der Waals surface area contributed by atoms with Crippen molar-refractivity contribution in [2.24, 2.45) is 5.92 Å². The Morgan fingerprint density at radius 2 is 2.13 bits per heavy atom. The van der Waals surface area contributed by atoms with Crippen LogP contribution < -0.4 is 0 Å². The Morgan fingerprint density at radius 1 is 1.47 bits per heavy atom. The van der Waals surface area contributed by atoms with Gasteiger partial charge in [-0.2, -0.15) is 11.8 Å². The van der Waals surface area contributed by atoms with Gasteiger partial charge >= 0.3 is 5.97 Å². The summed E-state index contributed by atoms with van der Waals surface area (Å²) in [5.74, 6) is 0.749. The number of thioether (sulfide) groups is 1. The third kappa shape index (κ3) is 3.87.